The number of methoxy groups -OCH3 is 1. The van der Waals surface area contributed by atoms with Gasteiger partial charge in [-0.05, 0) is 29.3 Å². The number of ether oxygens (including phenoxy) is 1. The van der Waals surface area contributed by atoms with Gasteiger partial charge >= 0.3 is 0 Å². The Kier molecular flexibility index (Phi) is 3.30. The van der Waals surface area contributed by atoms with Crippen LogP contribution in [0.15, 0.2) is 72.8 Å². The Morgan fingerprint density at radius 3 is 2.26 bits per heavy atom. The smallest absolute Gasteiger partial charge is 0.125 e. The van der Waals surface area contributed by atoms with Crippen LogP contribution in [0.3, 0.4) is 0 Å². The molecule has 1 unspecified atom stereocenters. The minimum absolute atomic E-state index is 0.190. The maximum absolute atomic E-state index is 5.70. The minimum atomic E-state index is 0.190. The largest absolute Gasteiger partial charge is 0.496 e. The highest BCUT2D eigenvalue weighted by Gasteiger charge is 2.32. The summed E-state index contributed by atoms with van der Waals surface area (Å²) in [5.74, 6) is 1.13. The second kappa shape index (κ2) is 5.47. The number of benzene rings is 3. The Labute approximate surface area is 137 Å². The molecule has 0 saturated carbocycles. The zero-order valence-electron chi connectivity index (χ0n) is 13.4. The molecule has 114 valence electrons. The van der Waals surface area contributed by atoms with Crippen LogP contribution in [0, 0.1) is 0 Å². The molecule has 0 amide bonds. The molecule has 3 aromatic carbocycles. The summed E-state index contributed by atoms with van der Waals surface area (Å²) in [4.78, 5) is 2.26. The van der Waals surface area contributed by atoms with Gasteiger partial charge in [-0.2, -0.15) is 0 Å². The van der Waals surface area contributed by atoms with Crippen LogP contribution in [0.5, 0.6) is 5.75 Å². The first kappa shape index (κ1) is 13.9. The summed E-state index contributed by atoms with van der Waals surface area (Å²) >= 11 is 0. The van der Waals surface area contributed by atoms with Gasteiger partial charge in [-0.3, -0.25) is 0 Å². The van der Waals surface area contributed by atoms with Crippen molar-refractivity contribution in [3.63, 3.8) is 0 Å². The molecule has 0 spiro atoms. The number of rotatable bonds is 2. The SMILES string of the molecule is COc1cccc2c1C(c1ccccc1)c1ccccc1N2C. The van der Waals surface area contributed by atoms with Crippen molar-refractivity contribution < 1.29 is 4.74 Å². The summed E-state index contributed by atoms with van der Waals surface area (Å²) in [5.41, 5.74) is 6.30. The third kappa shape index (κ3) is 2.10. The highest BCUT2D eigenvalue weighted by atomic mass is 16.5. The number of para-hydroxylation sites is 1. The van der Waals surface area contributed by atoms with Gasteiger partial charge in [0.1, 0.15) is 5.75 Å². The first-order chi connectivity index (χ1) is 11.3. The molecule has 0 N–H and O–H groups in total. The van der Waals surface area contributed by atoms with E-state index < -0.39 is 0 Å². The number of hydrogen-bond acceptors (Lipinski definition) is 2. The lowest BCUT2D eigenvalue weighted by molar-refractivity contribution is 0.409. The van der Waals surface area contributed by atoms with Gasteiger partial charge in [0, 0.05) is 29.9 Å². The maximum Gasteiger partial charge on any atom is 0.125 e. The lowest BCUT2D eigenvalue weighted by Crippen LogP contribution is -2.22. The van der Waals surface area contributed by atoms with Crippen molar-refractivity contribution in [3.05, 3.63) is 89.5 Å². The number of anilines is 2. The second-order valence-corrected chi connectivity index (χ2v) is 5.85. The fourth-order valence-electron chi connectivity index (χ4n) is 3.61. The highest BCUT2D eigenvalue weighted by Crippen LogP contribution is 2.50. The van der Waals surface area contributed by atoms with E-state index in [1.54, 1.807) is 7.11 Å². The molecule has 0 radical (unpaired) electrons. The Morgan fingerprint density at radius 2 is 1.48 bits per heavy atom. The van der Waals surface area contributed by atoms with Gasteiger partial charge in [0.15, 0.2) is 0 Å². The Bertz CT molecular complexity index is 841. The first-order valence-electron chi connectivity index (χ1n) is 7.85. The van der Waals surface area contributed by atoms with Crippen molar-refractivity contribution in [3.8, 4) is 5.75 Å². The van der Waals surface area contributed by atoms with Gasteiger partial charge in [-0.15, -0.1) is 0 Å². The molecule has 0 bridgehead atoms. The van der Waals surface area contributed by atoms with Crippen LogP contribution in [0.4, 0.5) is 11.4 Å². The molecule has 1 heterocycles. The molecular weight excluding hydrogens is 282 g/mol. The van der Waals surface area contributed by atoms with E-state index >= 15 is 0 Å². The summed E-state index contributed by atoms with van der Waals surface area (Å²) in [7, 11) is 3.87. The average molecular weight is 301 g/mol. The number of fused-ring (bicyclic) bond motifs is 2. The van der Waals surface area contributed by atoms with Crippen LogP contribution >= 0.6 is 0 Å². The second-order valence-electron chi connectivity index (χ2n) is 5.85. The molecule has 1 aliphatic heterocycles. The fraction of sp³-hybridized carbons (Fsp3) is 0.143. The molecule has 0 fully saturated rings. The first-order valence-corrected chi connectivity index (χ1v) is 7.85. The zero-order valence-corrected chi connectivity index (χ0v) is 13.4. The van der Waals surface area contributed by atoms with Crippen LogP contribution in [0.2, 0.25) is 0 Å². The topological polar surface area (TPSA) is 12.5 Å². The molecule has 2 heteroatoms. The third-order valence-corrected chi connectivity index (χ3v) is 4.66. The summed E-state index contributed by atoms with van der Waals surface area (Å²) in [6.07, 6.45) is 0. The van der Waals surface area contributed by atoms with Gasteiger partial charge in [-0.25, -0.2) is 0 Å². The summed E-state index contributed by atoms with van der Waals surface area (Å²) in [6, 6.07) is 25.6. The van der Waals surface area contributed by atoms with Gasteiger partial charge in [0.2, 0.25) is 0 Å². The molecule has 3 aromatic rings. The Morgan fingerprint density at radius 1 is 0.783 bits per heavy atom. The van der Waals surface area contributed by atoms with Crippen LogP contribution < -0.4 is 9.64 Å². The fourth-order valence-corrected chi connectivity index (χ4v) is 3.61. The lowest BCUT2D eigenvalue weighted by atomic mass is 9.80. The normalized spacial score (nSPS) is 15.7. The molecule has 0 aromatic heterocycles. The van der Waals surface area contributed by atoms with Crippen molar-refractivity contribution in [1.82, 2.24) is 0 Å². The monoisotopic (exact) mass is 301 g/mol. The van der Waals surface area contributed by atoms with Crippen LogP contribution in [-0.2, 0) is 0 Å². The van der Waals surface area contributed by atoms with Crippen LogP contribution in [-0.4, -0.2) is 14.2 Å². The molecule has 2 nitrogen and oxygen atoms in total. The lowest BCUT2D eigenvalue weighted by Gasteiger charge is -2.36. The zero-order chi connectivity index (χ0) is 15.8. The highest BCUT2D eigenvalue weighted by molar-refractivity contribution is 5.79. The van der Waals surface area contributed by atoms with Crippen molar-refractivity contribution >= 4 is 11.4 Å². The van der Waals surface area contributed by atoms with E-state index in [0.29, 0.717) is 0 Å². The van der Waals surface area contributed by atoms with Crippen LogP contribution in [0.25, 0.3) is 0 Å². The Hall–Kier alpha value is -2.74. The molecule has 0 aliphatic carbocycles. The summed E-state index contributed by atoms with van der Waals surface area (Å²) < 4.78 is 5.70. The molecule has 0 saturated heterocycles. The van der Waals surface area contributed by atoms with E-state index in [4.69, 9.17) is 4.74 Å². The Balaban J connectivity index is 2.04. The molecule has 1 atom stereocenters. The summed E-state index contributed by atoms with van der Waals surface area (Å²) in [5, 5.41) is 0. The van der Waals surface area contributed by atoms with Gasteiger partial charge in [0.05, 0.1) is 7.11 Å². The van der Waals surface area contributed by atoms with Crippen molar-refractivity contribution in [1.29, 1.82) is 0 Å². The summed E-state index contributed by atoms with van der Waals surface area (Å²) in [6.45, 7) is 0. The standard InChI is InChI=1S/C21H19NO/c1-22-17-12-7-6-11-16(17)20(15-9-4-3-5-10-15)21-18(22)13-8-14-19(21)23-2/h3-14,20H,1-2H3. The van der Waals surface area contributed by atoms with Crippen LogP contribution in [0.1, 0.15) is 22.6 Å². The predicted octanol–water partition coefficient (Wildman–Crippen LogP) is 4.96. The average Bonchev–Trinajstić information content (AvgIpc) is 2.62. The van der Waals surface area contributed by atoms with E-state index in [-0.39, 0.29) is 5.92 Å². The van der Waals surface area contributed by atoms with Crippen molar-refractivity contribution in [2.75, 3.05) is 19.1 Å². The number of hydrogen-bond donors (Lipinski definition) is 0. The minimum Gasteiger partial charge on any atom is -0.496 e. The van der Waals surface area contributed by atoms with E-state index in [0.717, 1.165) is 5.75 Å². The quantitative estimate of drug-likeness (QED) is 0.663. The molecule has 1 aliphatic rings. The van der Waals surface area contributed by atoms with E-state index in [1.807, 2.05) is 0 Å². The van der Waals surface area contributed by atoms with Gasteiger partial charge in [0.25, 0.3) is 0 Å². The van der Waals surface area contributed by atoms with Gasteiger partial charge < -0.3 is 9.64 Å². The molecule has 23 heavy (non-hydrogen) atoms. The molecule has 4 rings (SSSR count). The number of nitrogens with zero attached hydrogens (tertiary/aromatic N) is 1. The van der Waals surface area contributed by atoms with Crippen molar-refractivity contribution in [2.45, 2.75) is 5.92 Å². The maximum atomic E-state index is 5.70. The molecular formula is C21H19NO. The van der Waals surface area contributed by atoms with E-state index in [9.17, 15) is 0 Å². The van der Waals surface area contributed by atoms with Crippen molar-refractivity contribution in [2.24, 2.45) is 0 Å². The predicted molar refractivity (Wildman–Crippen MR) is 94.9 cm³/mol. The third-order valence-electron chi connectivity index (χ3n) is 4.66. The van der Waals surface area contributed by atoms with Gasteiger partial charge in [-0.1, -0.05) is 54.6 Å². The van der Waals surface area contributed by atoms with E-state index in [1.165, 1.54) is 28.1 Å². The van der Waals surface area contributed by atoms with E-state index in [2.05, 4.69) is 84.7 Å².